The van der Waals surface area contributed by atoms with E-state index in [1.54, 1.807) is 0 Å². The van der Waals surface area contributed by atoms with Crippen LogP contribution in [0.1, 0.15) is 32.0 Å². The minimum absolute atomic E-state index is 0.231. The first-order valence-corrected chi connectivity index (χ1v) is 7.15. The molecular formula is C12H20N2OS. The lowest BCUT2D eigenvalue weighted by atomic mass is 10.1. The van der Waals surface area contributed by atoms with Crippen molar-refractivity contribution in [2.45, 2.75) is 50.5 Å². The van der Waals surface area contributed by atoms with Gasteiger partial charge in [-0.15, -0.1) is 0 Å². The number of imidazole rings is 1. The van der Waals surface area contributed by atoms with Crippen LogP contribution in [0.3, 0.4) is 0 Å². The summed E-state index contributed by atoms with van der Waals surface area (Å²) in [5, 5.41) is 10.6. The molecule has 3 nitrogen and oxygen atoms in total. The number of aromatic nitrogens is 2. The van der Waals surface area contributed by atoms with Crippen LogP contribution in [0.25, 0.3) is 0 Å². The van der Waals surface area contributed by atoms with Crippen molar-refractivity contribution in [1.29, 1.82) is 0 Å². The van der Waals surface area contributed by atoms with Gasteiger partial charge in [0.1, 0.15) is 5.82 Å². The Hall–Kier alpha value is -0.480. The van der Waals surface area contributed by atoms with Crippen molar-refractivity contribution in [3.05, 3.63) is 18.2 Å². The average Bonchev–Trinajstić information content (AvgIpc) is 2.90. The lowest BCUT2D eigenvalue weighted by Crippen LogP contribution is -2.24. The first-order chi connectivity index (χ1) is 7.81. The van der Waals surface area contributed by atoms with Crippen LogP contribution in [0.15, 0.2) is 12.4 Å². The zero-order valence-electron chi connectivity index (χ0n) is 9.80. The number of hydrogen-bond acceptors (Lipinski definition) is 3. The Morgan fingerprint density at radius 1 is 1.69 bits per heavy atom. The highest BCUT2D eigenvalue weighted by Gasteiger charge is 2.25. The molecule has 1 aromatic heterocycles. The summed E-state index contributed by atoms with van der Waals surface area (Å²) in [5.74, 6) is 2.23. The molecule has 0 saturated carbocycles. The minimum Gasteiger partial charge on any atom is -0.392 e. The molecule has 4 heteroatoms. The van der Waals surface area contributed by atoms with Crippen LogP contribution in [0.2, 0.25) is 0 Å². The Kier molecular flexibility index (Phi) is 4.29. The van der Waals surface area contributed by atoms with E-state index in [-0.39, 0.29) is 6.10 Å². The highest BCUT2D eigenvalue weighted by Crippen LogP contribution is 2.29. The standard InChI is InChI=1S/C12H20N2OS/c1-2-6-14-7-5-13-12(14)9-10(15)11-4-3-8-16-11/h5,7,10-11,15H,2-4,6,8-9H2,1H3. The normalized spacial score (nSPS) is 22.5. The SMILES string of the molecule is CCCn1ccnc1CC(O)C1CCCS1. The number of rotatable bonds is 5. The largest absolute Gasteiger partial charge is 0.392 e. The molecule has 2 atom stereocenters. The van der Waals surface area contributed by atoms with Crippen molar-refractivity contribution in [2.75, 3.05) is 5.75 Å². The Labute approximate surface area is 101 Å². The number of aryl methyl sites for hydroxylation is 1. The maximum atomic E-state index is 10.1. The van der Waals surface area contributed by atoms with Crippen LogP contribution < -0.4 is 0 Å². The molecule has 90 valence electrons. The zero-order chi connectivity index (χ0) is 11.4. The molecule has 2 rings (SSSR count). The van der Waals surface area contributed by atoms with Crippen LogP contribution in [0.4, 0.5) is 0 Å². The predicted octanol–water partition coefficient (Wildman–Crippen LogP) is 2.09. The molecule has 0 bridgehead atoms. The van der Waals surface area contributed by atoms with Crippen LogP contribution in [0, 0.1) is 0 Å². The van der Waals surface area contributed by atoms with Gasteiger partial charge in [-0.2, -0.15) is 11.8 Å². The van der Waals surface area contributed by atoms with E-state index in [4.69, 9.17) is 0 Å². The Bertz CT molecular complexity index is 321. The Balaban J connectivity index is 1.94. The summed E-state index contributed by atoms with van der Waals surface area (Å²) in [5.41, 5.74) is 0. The first kappa shape index (κ1) is 12.0. The van der Waals surface area contributed by atoms with Gasteiger partial charge in [0.05, 0.1) is 6.10 Å². The highest BCUT2D eigenvalue weighted by atomic mass is 32.2. The van der Waals surface area contributed by atoms with Gasteiger partial charge in [0.15, 0.2) is 0 Å². The Morgan fingerprint density at radius 3 is 3.25 bits per heavy atom. The molecule has 0 amide bonds. The third-order valence-corrected chi connectivity index (χ3v) is 4.55. The molecule has 1 fully saturated rings. The first-order valence-electron chi connectivity index (χ1n) is 6.11. The summed E-state index contributed by atoms with van der Waals surface area (Å²) in [6.07, 6.45) is 7.82. The van der Waals surface area contributed by atoms with Gasteiger partial charge < -0.3 is 9.67 Å². The summed E-state index contributed by atoms with van der Waals surface area (Å²) in [4.78, 5) is 4.34. The summed E-state index contributed by atoms with van der Waals surface area (Å²) in [6, 6.07) is 0. The van der Waals surface area contributed by atoms with Crippen molar-refractivity contribution < 1.29 is 5.11 Å². The van der Waals surface area contributed by atoms with E-state index in [1.165, 1.54) is 12.2 Å². The van der Waals surface area contributed by atoms with E-state index < -0.39 is 0 Å². The summed E-state index contributed by atoms with van der Waals surface area (Å²) >= 11 is 1.90. The van der Waals surface area contributed by atoms with Crippen LogP contribution in [0.5, 0.6) is 0 Å². The molecule has 0 spiro atoms. The van der Waals surface area contributed by atoms with Gasteiger partial charge in [0, 0.05) is 30.6 Å². The van der Waals surface area contributed by atoms with E-state index in [1.807, 2.05) is 24.2 Å². The van der Waals surface area contributed by atoms with Crippen molar-refractivity contribution >= 4 is 11.8 Å². The van der Waals surface area contributed by atoms with Gasteiger partial charge in [0.25, 0.3) is 0 Å². The topological polar surface area (TPSA) is 38.0 Å². The second kappa shape index (κ2) is 5.73. The smallest absolute Gasteiger partial charge is 0.111 e. The second-order valence-electron chi connectivity index (χ2n) is 4.36. The lowest BCUT2D eigenvalue weighted by Gasteiger charge is -2.17. The summed E-state index contributed by atoms with van der Waals surface area (Å²) in [6.45, 7) is 3.16. The van der Waals surface area contributed by atoms with Gasteiger partial charge >= 0.3 is 0 Å². The molecule has 0 radical (unpaired) electrons. The van der Waals surface area contributed by atoms with Crippen molar-refractivity contribution in [3.63, 3.8) is 0 Å². The van der Waals surface area contributed by atoms with Crippen LogP contribution >= 0.6 is 11.8 Å². The molecule has 1 aliphatic rings. The van der Waals surface area contributed by atoms with E-state index in [2.05, 4.69) is 16.5 Å². The third kappa shape index (κ3) is 2.80. The highest BCUT2D eigenvalue weighted by molar-refractivity contribution is 8.00. The minimum atomic E-state index is -0.231. The fourth-order valence-corrected chi connectivity index (χ4v) is 3.49. The average molecular weight is 240 g/mol. The molecule has 1 saturated heterocycles. The van der Waals surface area contributed by atoms with Crippen molar-refractivity contribution in [1.82, 2.24) is 9.55 Å². The van der Waals surface area contributed by atoms with E-state index in [0.717, 1.165) is 25.2 Å². The van der Waals surface area contributed by atoms with Crippen LogP contribution in [-0.2, 0) is 13.0 Å². The molecule has 2 heterocycles. The molecule has 2 unspecified atom stereocenters. The van der Waals surface area contributed by atoms with Crippen molar-refractivity contribution in [3.8, 4) is 0 Å². The van der Waals surface area contributed by atoms with Gasteiger partial charge in [-0.05, 0) is 25.0 Å². The van der Waals surface area contributed by atoms with Gasteiger partial charge in [-0.1, -0.05) is 6.92 Å². The zero-order valence-corrected chi connectivity index (χ0v) is 10.6. The molecule has 1 N–H and O–H groups in total. The van der Waals surface area contributed by atoms with Crippen molar-refractivity contribution in [2.24, 2.45) is 0 Å². The fraction of sp³-hybridized carbons (Fsp3) is 0.750. The quantitative estimate of drug-likeness (QED) is 0.856. The van der Waals surface area contributed by atoms with E-state index >= 15 is 0 Å². The molecular weight excluding hydrogens is 220 g/mol. The third-order valence-electron chi connectivity index (χ3n) is 3.05. The molecule has 1 aliphatic heterocycles. The fourth-order valence-electron chi connectivity index (χ4n) is 2.20. The molecule has 16 heavy (non-hydrogen) atoms. The summed E-state index contributed by atoms with van der Waals surface area (Å²) in [7, 11) is 0. The van der Waals surface area contributed by atoms with Gasteiger partial charge in [-0.3, -0.25) is 0 Å². The van der Waals surface area contributed by atoms with Gasteiger partial charge in [-0.25, -0.2) is 4.98 Å². The number of thioether (sulfide) groups is 1. The number of nitrogens with zero attached hydrogens (tertiary/aromatic N) is 2. The maximum Gasteiger partial charge on any atom is 0.111 e. The number of hydrogen-bond donors (Lipinski definition) is 1. The van der Waals surface area contributed by atoms with Crippen LogP contribution in [-0.4, -0.2) is 31.8 Å². The number of aliphatic hydroxyl groups excluding tert-OH is 1. The predicted molar refractivity (Wildman–Crippen MR) is 67.7 cm³/mol. The Morgan fingerprint density at radius 2 is 2.56 bits per heavy atom. The van der Waals surface area contributed by atoms with E-state index in [9.17, 15) is 5.11 Å². The molecule has 0 aromatic carbocycles. The monoisotopic (exact) mass is 240 g/mol. The number of aliphatic hydroxyl groups is 1. The molecule has 0 aliphatic carbocycles. The second-order valence-corrected chi connectivity index (χ2v) is 5.71. The van der Waals surface area contributed by atoms with E-state index in [0.29, 0.717) is 11.7 Å². The molecule has 1 aromatic rings. The summed E-state index contributed by atoms with van der Waals surface area (Å²) < 4.78 is 2.16. The van der Waals surface area contributed by atoms with Gasteiger partial charge in [0.2, 0.25) is 0 Å². The lowest BCUT2D eigenvalue weighted by molar-refractivity contribution is 0.166. The maximum absolute atomic E-state index is 10.1.